The van der Waals surface area contributed by atoms with E-state index in [1.807, 2.05) is 0 Å². The van der Waals surface area contributed by atoms with Crippen molar-refractivity contribution in [3.05, 3.63) is 71.3 Å². The van der Waals surface area contributed by atoms with Crippen LogP contribution in [0.15, 0.2) is 54.6 Å². The van der Waals surface area contributed by atoms with Gasteiger partial charge in [0.1, 0.15) is 0 Å². The topological polar surface area (TPSA) is 30.5 Å². The van der Waals surface area contributed by atoms with Gasteiger partial charge in [0.2, 0.25) is 0 Å². The summed E-state index contributed by atoms with van der Waals surface area (Å²) in [7, 11) is 1.72. The molecule has 2 heterocycles. The summed E-state index contributed by atoms with van der Waals surface area (Å²) in [5.41, 5.74) is 4.10. The second kappa shape index (κ2) is 6.33. The Balaban J connectivity index is 1.36. The van der Waals surface area contributed by atoms with E-state index in [0.29, 0.717) is 18.7 Å². The van der Waals surface area contributed by atoms with E-state index >= 15 is 0 Å². The number of hydrogen-bond acceptors (Lipinski definition) is 3. The van der Waals surface area contributed by atoms with Crippen LogP contribution in [0.4, 0.5) is 0 Å². The van der Waals surface area contributed by atoms with Crippen molar-refractivity contribution < 1.29 is 9.47 Å². The van der Waals surface area contributed by atoms with Gasteiger partial charge >= 0.3 is 0 Å². The first kappa shape index (κ1) is 15.7. The molecule has 0 radical (unpaired) electrons. The van der Waals surface area contributed by atoms with E-state index in [0.717, 1.165) is 17.9 Å². The van der Waals surface area contributed by atoms with Crippen LogP contribution in [0, 0.1) is 0 Å². The molecule has 26 heavy (non-hydrogen) atoms. The molecule has 2 bridgehead atoms. The Morgan fingerprint density at radius 2 is 1.65 bits per heavy atom. The van der Waals surface area contributed by atoms with Gasteiger partial charge in [0.05, 0.1) is 13.7 Å². The first-order valence-corrected chi connectivity index (χ1v) is 9.41. The van der Waals surface area contributed by atoms with Crippen molar-refractivity contribution in [3.8, 4) is 11.5 Å². The zero-order valence-electron chi connectivity index (χ0n) is 15.0. The second-order valence-electron chi connectivity index (χ2n) is 7.22. The average Bonchev–Trinajstić information content (AvgIpc) is 3.30. The monoisotopic (exact) mass is 345 g/mol. The molecule has 3 aromatic rings. The van der Waals surface area contributed by atoms with Gasteiger partial charge in [0.25, 0.3) is 0 Å². The van der Waals surface area contributed by atoms with Crippen molar-refractivity contribution in [2.75, 3.05) is 13.7 Å². The Morgan fingerprint density at radius 3 is 2.46 bits per heavy atom. The fourth-order valence-corrected chi connectivity index (χ4v) is 4.48. The lowest BCUT2D eigenvalue weighted by molar-refractivity contribution is 0.297. The highest BCUT2D eigenvalue weighted by molar-refractivity contribution is 5.85. The summed E-state index contributed by atoms with van der Waals surface area (Å²) in [5.74, 6) is 1.71. The van der Waals surface area contributed by atoms with Gasteiger partial charge in [-0.1, -0.05) is 42.5 Å². The molecule has 132 valence electrons. The van der Waals surface area contributed by atoms with Gasteiger partial charge < -0.3 is 14.8 Å². The standard InChI is InChI=1S/C23H23NO2/c1-25-22-13-18-19(21-10-9-20(18)24-21)14-23(22)26-12-11-16-7-4-6-15-5-2-3-8-17(15)16/h2-8,13-14,20-21,24H,9-12H2,1H3. The summed E-state index contributed by atoms with van der Waals surface area (Å²) in [6.07, 6.45) is 3.33. The Morgan fingerprint density at radius 1 is 0.923 bits per heavy atom. The first-order chi connectivity index (χ1) is 12.8. The number of hydrogen-bond donors (Lipinski definition) is 1. The Labute approximate surface area is 153 Å². The van der Waals surface area contributed by atoms with Crippen LogP contribution in [0.3, 0.4) is 0 Å². The zero-order chi connectivity index (χ0) is 17.5. The van der Waals surface area contributed by atoms with Gasteiger partial charge in [-0.3, -0.25) is 0 Å². The lowest BCUT2D eigenvalue weighted by Gasteiger charge is -2.18. The third-order valence-electron chi connectivity index (χ3n) is 5.78. The largest absolute Gasteiger partial charge is 0.493 e. The van der Waals surface area contributed by atoms with Crippen molar-refractivity contribution >= 4 is 10.8 Å². The predicted molar refractivity (Wildman–Crippen MR) is 104 cm³/mol. The van der Waals surface area contributed by atoms with Crippen LogP contribution in [0.25, 0.3) is 10.8 Å². The summed E-state index contributed by atoms with van der Waals surface area (Å²) in [6.45, 7) is 0.644. The van der Waals surface area contributed by atoms with E-state index in [1.165, 1.54) is 40.3 Å². The number of rotatable bonds is 5. The lowest BCUT2D eigenvalue weighted by atomic mass is 9.91. The van der Waals surface area contributed by atoms with Gasteiger partial charge in [-0.05, 0) is 52.4 Å². The summed E-state index contributed by atoms with van der Waals surface area (Å²) in [5, 5.41) is 6.25. The molecule has 1 fully saturated rings. The number of methoxy groups -OCH3 is 1. The molecule has 1 saturated heterocycles. The minimum atomic E-state index is 0.487. The molecular weight excluding hydrogens is 322 g/mol. The molecule has 2 aliphatic heterocycles. The maximum atomic E-state index is 6.16. The highest BCUT2D eigenvalue weighted by atomic mass is 16.5. The Bertz CT molecular complexity index is 960. The normalized spacial score (nSPS) is 20.3. The van der Waals surface area contributed by atoms with Crippen LogP contribution in [0.1, 0.15) is 41.6 Å². The molecule has 0 saturated carbocycles. The molecular formula is C23H23NO2. The van der Waals surface area contributed by atoms with Gasteiger partial charge in [-0.15, -0.1) is 0 Å². The molecule has 0 aliphatic carbocycles. The molecule has 1 N–H and O–H groups in total. The van der Waals surface area contributed by atoms with Gasteiger partial charge in [0.15, 0.2) is 11.5 Å². The Kier molecular flexibility index (Phi) is 3.83. The molecule has 5 rings (SSSR count). The highest BCUT2D eigenvalue weighted by Gasteiger charge is 2.37. The average molecular weight is 345 g/mol. The first-order valence-electron chi connectivity index (χ1n) is 9.41. The molecule has 0 spiro atoms. The fourth-order valence-electron chi connectivity index (χ4n) is 4.48. The van der Waals surface area contributed by atoms with Gasteiger partial charge in [-0.25, -0.2) is 0 Å². The van der Waals surface area contributed by atoms with E-state index in [2.05, 4.69) is 59.9 Å². The third kappa shape index (κ3) is 2.55. The van der Waals surface area contributed by atoms with E-state index in [1.54, 1.807) is 7.11 Å². The van der Waals surface area contributed by atoms with E-state index in [-0.39, 0.29) is 0 Å². The van der Waals surface area contributed by atoms with Gasteiger partial charge in [0, 0.05) is 18.5 Å². The molecule has 0 amide bonds. The summed E-state index contributed by atoms with van der Waals surface area (Å²) < 4.78 is 11.8. The quantitative estimate of drug-likeness (QED) is 0.710. The van der Waals surface area contributed by atoms with Crippen molar-refractivity contribution in [1.82, 2.24) is 5.32 Å². The van der Waals surface area contributed by atoms with E-state index in [9.17, 15) is 0 Å². The molecule has 0 aromatic heterocycles. The van der Waals surface area contributed by atoms with Crippen molar-refractivity contribution in [2.45, 2.75) is 31.3 Å². The van der Waals surface area contributed by atoms with Crippen LogP contribution in [-0.2, 0) is 6.42 Å². The smallest absolute Gasteiger partial charge is 0.161 e. The number of nitrogens with one attached hydrogen (secondary N) is 1. The summed E-state index contributed by atoms with van der Waals surface area (Å²) in [4.78, 5) is 0. The summed E-state index contributed by atoms with van der Waals surface area (Å²) >= 11 is 0. The molecule has 2 unspecified atom stereocenters. The maximum Gasteiger partial charge on any atom is 0.161 e. The Hall–Kier alpha value is -2.52. The third-order valence-corrected chi connectivity index (χ3v) is 5.78. The number of benzene rings is 3. The zero-order valence-corrected chi connectivity index (χ0v) is 15.0. The number of ether oxygens (including phenoxy) is 2. The van der Waals surface area contributed by atoms with Crippen LogP contribution < -0.4 is 14.8 Å². The lowest BCUT2D eigenvalue weighted by Crippen LogP contribution is -2.06. The molecule has 2 atom stereocenters. The van der Waals surface area contributed by atoms with Crippen molar-refractivity contribution in [3.63, 3.8) is 0 Å². The van der Waals surface area contributed by atoms with Crippen LogP contribution in [0.5, 0.6) is 11.5 Å². The van der Waals surface area contributed by atoms with Crippen LogP contribution in [0.2, 0.25) is 0 Å². The van der Waals surface area contributed by atoms with Crippen molar-refractivity contribution in [2.24, 2.45) is 0 Å². The molecule has 2 aliphatic rings. The van der Waals surface area contributed by atoms with Crippen LogP contribution in [-0.4, -0.2) is 13.7 Å². The van der Waals surface area contributed by atoms with E-state index in [4.69, 9.17) is 9.47 Å². The fraction of sp³-hybridized carbons (Fsp3) is 0.304. The second-order valence-corrected chi connectivity index (χ2v) is 7.22. The highest BCUT2D eigenvalue weighted by Crippen LogP contribution is 2.48. The molecule has 3 heteroatoms. The minimum Gasteiger partial charge on any atom is -0.493 e. The van der Waals surface area contributed by atoms with Gasteiger partial charge in [-0.2, -0.15) is 0 Å². The maximum absolute atomic E-state index is 6.16. The summed E-state index contributed by atoms with van der Waals surface area (Å²) in [6, 6.07) is 20.3. The molecule has 3 aromatic carbocycles. The molecule has 3 nitrogen and oxygen atoms in total. The van der Waals surface area contributed by atoms with Crippen molar-refractivity contribution in [1.29, 1.82) is 0 Å². The number of fused-ring (bicyclic) bond motifs is 6. The van der Waals surface area contributed by atoms with E-state index < -0.39 is 0 Å². The predicted octanol–water partition coefficient (Wildman–Crippen LogP) is 4.95. The van der Waals surface area contributed by atoms with Crippen LogP contribution >= 0.6 is 0 Å². The SMILES string of the molecule is COc1cc2c(cc1OCCc1cccc3ccccc13)C1CCC2N1. The minimum absolute atomic E-state index is 0.487.